The zero-order chi connectivity index (χ0) is 20.7. The summed E-state index contributed by atoms with van der Waals surface area (Å²) in [6.45, 7) is 12.4. The number of sulfonamides is 1. The van der Waals surface area contributed by atoms with Crippen LogP contribution in [0.1, 0.15) is 37.5 Å². The van der Waals surface area contributed by atoms with E-state index in [0.29, 0.717) is 31.1 Å². The molecule has 0 N–H and O–H groups in total. The molecule has 0 aromatic heterocycles. The summed E-state index contributed by atoms with van der Waals surface area (Å²) >= 11 is 6.25. The maximum atomic E-state index is 13.3. The van der Waals surface area contributed by atoms with Crippen LogP contribution in [0.25, 0.3) is 0 Å². The number of hydrogen-bond donors (Lipinski definition) is 0. The van der Waals surface area contributed by atoms with E-state index in [-0.39, 0.29) is 5.41 Å². The largest absolute Gasteiger partial charge is 0.369 e. The molecule has 0 aliphatic carbocycles. The Labute approximate surface area is 174 Å². The van der Waals surface area contributed by atoms with Crippen LogP contribution in [0.15, 0.2) is 41.3 Å². The first-order chi connectivity index (χ1) is 13.0. The van der Waals surface area contributed by atoms with Crippen LogP contribution < -0.4 is 4.90 Å². The van der Waals surface area contributed by atoms with Crippen molar-refractivity contribution in [2.45, 2.75) is 44.9 Å². The molecule has 28 heavy (non-hydrogen) atoms. The first-order valence-electron chi connectivity index (χ1n) is 9.63. The van der Waals surface area contributed by atoms with Crippen molar-refractivity contribution in [2.75, 3.05) is 31.1 Å². The minimum atomic E-state index is -3.52. The fourth-order valence-electron chi connectivity index (χ4n) is 3.59. The maximum Gasteiger partial charge on any atom is 0.243 e. The van der Waals surface area contributed by atoms with Crippen molar-refractivity contribution in [1.29, 1.82) is 0 Å². The molecule has 6 heteroatoms. The lowest BCUT2D eigenvalue weighted by atomic mass is 9.87. The van der Waals surface area contributed by atoms with E-state index < -0.39 is 10.0 Å². The molecule has 0 saturated carbocycles. The van der Waals surface area contributed by atoms with Gasteiger partial charge in [0.1, 0.15) is 0 Å². The van der Waals surface area contributed by atoms with Gasteiger partial charge in [0.2, 0.25) is 10.0 Å². The summed E-state index contributed by atoms with van der Waals surface area (Å²) < 4.78 is 28.3. The van der Waals surface area contributed by atoms with E-state index in [1.54, 1.807) is 4.31 Å². The average molecular weight is 421 g/mol. The van der Waals surface area contributed by atoms with Gasteiger partial charge in [-0.1, -0.05) is 50.6 Å². The van der Waals surface area contributed by atoms with Gasteiger partial charge in [-0.2, -0.15) is 4.31 Å². The SMILES string of the molecule is Cc1ccc(C(C)(C)C)cc1S(=O)(=O)N1CCN(c2cccc(Cl)c2C)CC1. The quantitative estimate of drug-likeness (QED) is 0.718. The van der Waals surface area contributed by atoms with Crippen LogP contribution in [0.4, 0.5) is 5.69 Å². The molecule has 0 bridgehead atoms. The minimum Gasteiger partial charge on any atom is -0.369 e. The first kappa shape index (κ1) is 21.2. The Morgan fingerprint density at radius 1 is 0.964 bits per heavy atom. The van der Waals surface area contributed by atoms with Crippen molar-refractivity contribution in [3.63, 3.8) is 0 Å². The second-order valence-corrected chi connectivity index (χ2v) is 10.8. The van der Waals surface area contributed by atoms with Crippen LogP contribution in [0, 0.1) is 13.8 Å². The van der Waals surface area contributed by atoms with Gasteiger partial charge in [0.05, 0.1) is 4.90 Å². The number of hydrogen-bond acceptors (Lipinski definition) is 3. The summed E-state index contributed by atoms with van der Waals surface area (Å²) in [5.41, 5.74) is 3.84. The number of nitrogens with zero attached hydrogens (tertiary/aromatic N) is 2. The van der Waals surface area contributed by atoms with Crippen molar-refractivity contribution in [3.05, 3.63) is 58.1 Å². The van der Waals surface area contributed by atoms with Crippen LogP contribution in [-0.2, 0) is 15.4 Å². The molecule has 1 saturated heterocycles. The highest BCUT2D eigenvalue weighted by atomic mass is 35.5. The standard InChI is InChI=1S/C22H29ClN2O2S/c1-16-9-10-18(22(3,4)5)15-21(16)28(26,27)25-13-11-24(12-14-25)20-8-6-7-19(23)17(20)2/h6-10,15H,11-14H2,1-5H3. The lowest BCUT2D eigenvalue weighted by Crippen LogP contribution is -2.49. The van der Waals surface area contributed by atoms with E-state index >= 15 is 0 Å². The van der Waals surface area contributed by atoms with E-state index in [0.717, 1.165) is 27.4 Å². The summed E-state index contributed by atoms with van der Waals surface area (Å²) in [7, 11) is -3.52. The van der Waals surface area contributed by atoms with Crippen molar-refractivity contribution in [2.24, 2.45) is 0 Å². The zero-order valence-corrected chi connectivity index (χ0v) is 18.9. The molecule has 1 heterocycles. The monoisotopic (exact) mass is 420 g/mol. The number of aryl methyl sites for hydroxylation is 1. The molecule has 1 aliphatic heterocycles. The number of rotatable bonds is 3. The fraction of sp³-hybridized carbons (Fsp3) is 0.455. The van der Waals surface area contributed by atoms with E-state index in [4.69, 9.17) is 11.6 Å². The Kier molecular flexibility index (Phi) is 5.81. The van der Waals surface area contributed by atoms with Crippen molar-refractivity contribution in [1.82, 2.24) is 4.31 Å². The number of halogens is 1. The van der Waals surface area contributed by atoms with Crippen LogP contribution in [0.5, 0.6) is 0 Å². The minimum absolute atomic E-state index is 0.0965. The molecule has 3 rings (SSSR count). The third-order valence-electron chi connectivity index (χ3n) is 5.49. The smallest absolute Gasteiger partial charge is 0.243 e. The molecule has 4 nitrogen and oxygen atoms in total. The highest BCUT2D eigenvalue weighted by Gasteiger charge is 2.31. The molecule has 1 aliphatic rings. The molecule has 0 spiro atoms. The Bertz CT molecular complexity index is 973. The molecule has 152 valence electrons. The van der Waals surface area contributed by atoms with E-state index in [9.17, 15) is 8.42 Å². The van der Waals surface area contributed by atoms with Crippen molar-refractivity contribution < 1.29 is 8.42 Å². The molecule has 1 fully saturated rings. The van der Waals surface area contributed by atoms with Gasteiger partial charge in [-0.25, -0.2) is 8.42 Å². The molecular formula is C22H29ClN2O2S. The lowest BCUT2D eigenvalue weighted by molar-refractivity contribution is 0.384. The number of piperazine rings is 1. The topological polar surface area (TPSA) is 40.6 Å². The number of anilines is 1. The van der Waals surface area contributed by atoms with Gasteiger partial charge >= 0.3 is 0 Å². The van der Waals surface area contributed by atoms with Gasteiger partial charge in [-0.05, 0) is 54.2 Å². The van der Waals surface area contributed by atoms with Gasteiger partial charge in [-0.15, -0.1) is 0 Å². The predicted molar refractivity (Wildman–Crippen MR) is 117 cm³/mol. The summed E-state index contributed by atoms with van der Waals surface area (Å²) in [6.07, 6.45) is 0. The third kappa shape index (κ3) is 4.07. The van der Waals surface area contributed by atoms with Gasteiger partial charge in [-0.3, -0.25) is 0 Å². The van der Waals surface area contributed by atoms with E-state index in [1.165, 1.54) is 0 Å². The Balaban J connectivity index is 1.83. The van der Waals surface area contributed by atoms with Crippen LogP contribution in [-0.4, -0.2) is 38.9 Å². The van der Waals surface area contributed by atoms with Crippen molar-refractivity contribution in [3.8, 4) is 0 Å². The van der Waals surface area contributed by atoms with E-state index in [2.05, 4.69) is 25.7 Å². The Morgan fingerprint density at radius 2 is 1.61 bits per heavy atom. The first-order valence-corrected chi connectivity index (χ1v) is 11.4. The van der Waals surface area contributed by atoms with Gasteiger partial charge in [0, 0.05) is 36.9 Å². The van der Waals surface area contributed by atoms with Crippen LogP contribution in [0.2, 0.25) is 5.02 Å². The second kappa shape index (κ2) is 7.69. The van der Waals surface area contributed by atoms with Gasteiger partial charge in [0.15, 0.2) is 0 Å². The molecule has 2 aromatic carbocycles. The summed E-state index contributed by atoms with van der Waals surface area (Å²) in [4.78, 5) is 2.64. The fourth-order valence-corrected chi connectivity index (χ4v) is 5.43. The third-order valence-corrected chi connectivity index (χ3v) is 7.94. The molecule has 0 unspecified atom stereocenters. The average Bonchev–Trinajstić information content (AvgIpc) is 2.63. The number of benzene rings is 2. The summed E-state index contributed by atoms with van der Waals surface area (Å²) in [6, 6.07) is 11.6. The lowest BCUT2D eigenvalue weighted by Gasteiger charge is -2.36. The van der Waals surface area contributed by atoms with Crippen molar-refractivity contribution >= 4 is 27.3 Å². The van der Waals surface area contributed by atoms with Gasteiger partial charge in [0.25, 0.3) is 0 Å². The molecule has 0 radical (unpaired) electrons. The highest BCUT2D eigenvalue weighted by Crippen LogP contribution is 2.31. The second-order valence-electron chi connectivity index (χ2n) is 8.51. The summed E-state index contributed by atoms with van der Waals surface area (Å²) in [5, 5.41) is 0.738. The normalized spacial score (nSPS) is 16.4. The van der Waals surface area contributed by atoms with Crippen LogP contribution >= 0.6 is 11.6 Å². The Hall–Kier alpha value is -1.56. The Morgan fingerprint density at radius 3 is 2.21 bits per heavy atom. The van der Waals surface area contributed by atoms with Crippen LogP contribution in [0.3, 0.4) is 0 Å². The molecular weight excluding hydrogens is 392 g/mol. The molecule has 0 atom stereocenters. The zero-order valence-electron chi connectivity index (χ0n) is 17.3. The van der Waals surface area contributed by atoms with E-state index in [1.807, 2.05) is 50.2 Å². The summed E-state index contributed by atoms with van der Waals surface area (Å²) in [5.74, 6) is 0. The molecule has 0 amide bonds. The highest BCUT2D eigenvalue weighted by molar-refractivity contribution is 7.89. The maximum absolute atomic E-state index is 13.3. The van der Waals surface area contributed by atoms with Gasteiger partial charge < -0.3 is 4.90 Å². The predicted octanol–water partition coefficient (Wildman–Crippen LogP) is 4.77. The molecule has 2 aromatic rings.